The summed E-state index contributed by atoms with van der Waals surface area (Å²) in [5, 5.41) is 5.11. The zero-order valence-corrected chi connectivity index (χ0v) is 21.4. The van der Waals surface area contributed by atoms with Crippen molar-refractivity contribution in [2.75, 3.05) is 13.1 Å². The van der Waals surface area contributed by atoms with Gasteiger partial charge in [-0.3, -0.25) is 9.47 Å². The van der Waals surface area contributed by atoms with Crippen LogP contribution in [0.25, 0.3) is 17.0 Å². The van der Waals surface area contributed by atoms with E-state index in [2.05, 4.69) is 21.3 Å². The summed E-state index contributed by atoms with van der Waals surface area (Å²) in [6.45, 7) is 2.49. The molecule has 1 N–H and O–H groups in total. The summed E-state index contributed by atoms with van der Waals surface area (Å²) < 4.78 is 14.9. The first-order chi connectivity index (χ1) is 17.4. The van der Waals surface area contributed by atoms with Crippen LogP contribution in [0.3, 0.4) is 0 Å². The largest absolute Gasteiger partial charge is 0.333 e. The second kappa shape index (κ2) is 10.6. The smallest absolute Gasteiger partial charge is 0.326 e. The van der Waals surface area contributed by atoms with E-state index in [9.17, 15) is 9.18 Å². The highest BCUT2D eigenvalue weighted by Gasteiger charge is 2.27. The van der Waals surface area contributed by atoms with E-state index < -0.39 is 0 Å². The summed E-state index contributed by atoms with van der Waals surface area (Å²) in [5.74, 6) is -0.250. The molecule has 0 atom stereocenters. The fraction of sp³-hybridized carbons (Fsp3) is 0.185. The number of halogens is 4. The number of benzene rings is 2. The van der Waals surface area contributed by atoms with Crippen LogP contribution in [0, 0.1) is 5.82 Å². The lowest BCUT2D eigenvalue weighted by molar-refractivity contribution is 0.240. The molecule has 0 saturated heterocycles. The second-order valence-electron chi connectivity index (χ2n) is 8.63. The molecule has 2 aromatic carbocycles. The molecule has 184 valence electrons. The molecule has 36 heavy (non-hydrogen) atoms. The van der Waals surface area contributed by atoms with Crippen molar-refractivity contribution < 1.29 is 9.18 Å². The number of pyridine rings is 1. The maximum absolute atomic E-state index is 13.4. The molecule has 0 aliphatic carbocycles. The third-order valence-electron chi connectivity index (χ3n) is 6.25. The third-order valence-corrected chi connectivity index (χ3v) is 7.18. The van der Waals surface area contributed by atoms with Crippen molar-refractivity contribution in [1.29, 1.82) is 0 Å². The number of hydrogen-bond donors (Lipinski definition) is 1. The van der Waals surface area contributed by atoms with Gasteiger partial charge in [-0.2, -0.15) is 0 Å². The SMILES string of the molecule is O=C(NCc1ccnc(Cl)c1)n1c2c(c3cc(Cl)c(Cl)cc31)CN(C/C=C/c1ccc(F)cc1)CC2. The Bertz CT molecular complexity index is 1470. The Labute approximate surface area is 223 Å². The summed E-state index contributed by atoms with van der Waals surface area (Å²) in [4.78, 5) is 19.6. The Morgan fingerprint density at radius 1 is 1.08 bits per heavy atom. The Morgan fingerprint density at radius 2 is 1.86 bits per heavy atom. The summed E-state index contributed by atoms with van der Waals surface area (Å²) in [6.07, 6.45) is 6.34. The molecule has 3 heterocycles. The molecule has 9 heteroatoms. The van der Waals surface area contributed by atoms with E-state index in [1.807, 2.05) is 18.2 Å². The van der Waals surface area contributed by atoms with Gasteiger partial charge < -0.3 is 5.32 Å². The molecule has 1 aliphatic heterocycles. The lowest BCUT2D eigenvalue weighted by atomic mass is 10.0. The number of aromatic nitrogens is 2. The minimum atomic E-state index is -0.250. The van der Waals surface area contributed by atoms with Crippen LogP contribution in [0.15, 0.2) is 60.8 Å². The number of hydrogen-bond acceptors (Lipinski definition) is 3. The highest BCUT2D eigenvalue weighted by molar-refractivity contribution is 6.42. The van der Waals surface area contributed by atoms with Gasteiger partial charge in [0.25, 0.3) is 0 Å². The van der Waals surface area contributed by atoms with E-state index in [1.165, 1.54) is 12.1 Å². The third kappa shape index (κ3) is 5.27. The molecule has 5 nitrogen and oxygen atoms in total. The zero-order valence-electron chi connectivity index (χ0n) is 19.1. The first-order valence-electron chi connectivity index (χ1n) is 11.4. The zero-order chi connectivity index (χ0) is 25.2. The van der Waals surface area contributed by atoms with Crippen LogP contribution in [-0.4, -0.2) is 33.6 Å². The fourth-order valence-corrected chi connectivity index (χ4v) is 5.03. The minimum Gasteiger partial charge on any atom is -0.333 e. The van der Waals surface area contributed by atoms with Crippen molar-refractivity contribution >= 4 is 57.8 Å². The number of nitrogens with one attached hydrogen (secondary N) is 1. The number of carbonyl (C=O) groups is 1. The van der Waals surface area contributed by atoms with E-state index in [4.69, 9.17) is 34.8 Å². The average molecular weight is 544 g/mol. The number of amides is 1. The monoisotopic (exact) mass is 542 g/mol. The van der Waals surface area contributed by atoms with Crippen molar-refractivity contribution in [3.8, 4) is 0 Å². The lowest BCUT2D eigenvalue weighted by Crippen LogP contribution is -2.34. The molecule has 0 unspecified atom stereocenters. The van der Waals surface area contributed by atoms with Crippen molar-refractivity contribution in [3.63, 3.8) is 0 Å². The highest BCUT2D eigenvalue weighted by atomic mass is 35.5. The summed E-state index contributed by atoms with van der Waals surface area (Å²) in [6, 6.07) is 13.3. The van der Waals surface area contributed by atoms with Gasteiger partial charge in [-0.25, -0.2) is 14.2 Å². The molecule has 2 aromatic heterocycles. The Morgan fingerprint density at radius 3 is 2.64 bits per heavy atom. The van der Waals surface area contributed by atoms with Crippen LogP contribution in [0.5, 0.6) is 0 Å². The average Bonchev–Trinajstić information content (AvgIpc) is 3.16. The second-order valence-corrected chi connectivity index (χ2v) is 9.83. The van der Waals surface area contributed by atoms with Gasteiger partial charge in [-0.05, 0) is 53.1 Å². The Balaban J connectivity index is 1.40. The quantitative estimate of drug-likeness (QED) is 0.277. The van der Waals surface area contributed by atoms with Crippen LogP contribution in [-0.2, 0) is 19.5 Å². The maximum atomic E-state index is 13.4. The number of rotatable bonds is 5. The molecule has 5 rings (SSSR count). The van der Waals surface area contributed by atoms with Crippen LogP contribution >= 0.6 is 34.8 Å². The molecule has 1 amide bonds. The van der Waals surface area contributed by atoms with Gasteiger partial charge in [0.1, 0.15) is 11.0 Å². The molecule has 0 saturated carbocycles. The molecular weight excluding hydrogens is 522 g/mol. The molecule has 0 radical (unpaired) electrons. The van der Waals surface area contributed by atoms with Crippen LogP contribution in [0.4, 0.5) is 9.18 Å². The Hall–Kier alpha value is -2.90. The molecule has 0 spiro atoms. The van der Waals surface area contributed by atoms with E-state index in [-0.39, 0.29) is 11.8 Å². The van der Waals surface area contributed by atoms with Gasteiger partial charge in [-0.15, -0.1) is 0 Å². The van der Waals surface area contributed by atoms with Gasteiger partial charge in [0.05, 0.1) is 15.6 Å². The van der Waals surface area contributed by atoms with E-state index in [0.29, 0.717) is 34.7 Å². The number of nitrogens with zero attached hydrogens (tertiary/aromatic N) is 3. The maximum Gasteiger partial charge on any atom is 0.326 e. The molecule has 4 aromatic rings. The summed E-state index contributed by atoms with van der Waals surface area (Å²) >= 11 is 18.7. The van der Waals surface area contributed by atoms with Crippen molar-refractivity contribution in [1.82, 2.24) is 19.8 Å². The first kappa shape index (κ1) is 24.8. The Kier molecular flexibility index (Phi) is 7.30. The topological polar surface area (TPSA) is 50.2 Å². The predicted molar refractivity (Wildman–Crippen MR) is 143 cm³/mol. The predicted octanol–water partition coefficient (Wildman–Crippen LogP) is 6.97. The van der Waals surface area contributed by atoms with Crippen molar-refractivity contribution in [3.05, 3.63) is 104 Å². The van der Waals surface area contributed by atoms with E-state index in [1.54, 1.807) is 35.0 Å². The highest BCUT2D eigenvalue weighted by Crippen LogP contribution is 2.36. The van der Waals surface area contributed by atoms with E-state index >= 15 is 0 Å². The normalized spacial score (nSPS) is 13.9. The van der Waals surface area contributed by atoms with Crippen molar-refractivity contribution in [2.24, 2.45) is 0 Å². The van der Waals surface area contributed by atoms with Gasteiger partial charge in [0, 0.05) is 49.9 Å². The van der Waals surface area contributed by atoms with Crippen LogP contribution in [0.2, 0.25) is 15.2 Å². The standard InChI is InChI=1S/C27H22Cl3FN4O/c28-22-13-20-21-16-34(10-1-2-17-3-5-19(31)6-4-17)11-8-24(21)35(25(20)14-23(22)29)27(36)33-15-18-7-9-32-26(30)12-18/h1-7,9,12-14H,8,10-11,15-16H2,(H,33,36)/b2-1+. The first-order valence-corrected chi connectivity index (χ1v) is 12.6. The fourth-order valence-electron chi connectivity index (χ4n) is 4.51. The number of fused-ring (bicyclic) bond motifs is 3. The van der Waals surface area contributed by atoms with Crippen LogP contribution < -0.4 is 5.32 Å². The van der Waals surface area contributed by atoms with Crippen LogP contribution in [0.1, 0.15) is 22.4 Å². The molecule has 1 aliphatic rings. The van der Waals surface area contributed by atoms with Gasteiger partial charge in [0.2, 0.25) is 0 Å². The van der Waals surface area contributed by atoms with Gasteiger partial charge in [-0.1, -0.05) is 59.1 Å². The lowest BCUT2D eigenvalue weighted by Gasteiger charge is -2.27. The number of carbonyl (C=O) groups excluding carboxylic acids is 1. The summed E-state index contributed by atoms with van der Waals surface area (Å²) in [7, 11) is 0. The molecular formula is C27H22Cl3FN4O. The minimum absolute atomic E-state index is 0.239. The summed E-state index contributed by atoms with van der Waals surface area (Å²) in [5.41, 5.74) is 4.54. The van der Waals surface area contributed by atoms with Gasteiger partial charge >= 0.3 is 6.03 Å². The van der Waals surface area contributed by atoms with Gasteiger partial charge in [0.15, 0.2) is 0 Å². The molecule has 0 fully saturated rings. The van der Waals surface area contributed by atoms with E-state index in [0.717, 1.165) is 46.4 Å². The van der Waals surface area contributed by atoms with Crippen molar-refractivity contribution in [2.45, 2.75) is 19.5 Å². The molecule has 0 bridgehead atoms.